The Labute approximate surface area is 123 Å². The summed E-state index contributed by atoms with van der Waals surface area (Å²) in [5, 5.41) is 4.53. The summed E-state index contributed by atoms with van der Waals surface area (Å²) in [6, 6.07) is 5.69. The number of hydrogen-bond acceptors (Lipinski definition) is 2. The Morgan fingerprint density at radius 3 is 2.48 bits per heavy atom. The van der Waals surface area contributed by atoms with Crippen LogP contribution in [0.3, 0.4) is 0 Å². The summed E-state index contributed by atoms with van der Waals surface area (Å²) < 4.78 is 28.1. The molecule has 3 nitrogen and oxygen atoms in total. The van der Waals surface area contributed by atoms with Crippen molar-refractivity contribution in [3.8, 4) is 0 Å². The lowest BCUT2D eigenvalue weighted by molar-refractivity contribution is 0.424. The molecule has 21 heavy (non-hydrogen) atoms. The van der Waals surface area contributed by atoms with Gasteiger partial charge in [0.15, 0.2) is 11.6 Å². The maximum absolute atomic E-state index is 13.2. The summed E-state index contributed by atoms with van der Waals surface area (Å²) in [7, 11) is 0. The van der Waals surface area contributed by atoms with Gasteiger partial charge in [0.1, 0.15) is 0 Å². The van der Waals surface area contributed by atoms with E-state index in [1.54, 1.807) is 0 Å². The summed E-state index contributed by atoms with van der Waals surface area (Å²) in [5.41, 5.74) is 7.49. The Morgan fingerprint density at radius 2 is 1.86 bits per heavy atom. The van der Waals surface area contributed by atoms with E-state index < -0.39 is 17.7 Å². The third-order valence-corrected chi connectivity index (χ3v) is 3.78. The average molecular weight is 293 g/mol. The molecular formula is C16H21F2N3. The van der Waals surface area contributed by atoms with E-state index in [9.17, 15) is 8.78 Å². The standard InChI is InChI=1S/C16H21F2N3/c1-3-13(4-2)21-8-7-12(20-21)10-16(19)11-5-6-14(17)15(18)9-11/h5-9,13,16H,3-4,10,19H2,1-2H3. The summed E-state index contributed by atoms with van der Waals surface area (Å²) in [5.74, 6) is -1.73. The Bertz CT molecular complexity index is 591. The second-order valence-corrected chi connectivity index (χ2v) is 5.24. The van der Waals surface area contributed by atoms with E-state index in [0.717, 1.165) is 30.7 Å². The minimum atomic E-state index is -0.870. The first-order chi connectivity index (χ1) is 10.0. The van der Waals surface area contributed by atoms with Crippen LogP contribution in [0.15, 0.2) is 30.5 Å². The number of hydrogen-bond donors (Lipinski definition) is 1. The molecule has 0 bridgehead atoms. The molecule has 0 aliphatic carbocycles. The number of benzene rings is 1. The third kappa shape index (κ3) is 3.67. The Morgan fingerprint density at radius 1 is 1.14 bits per heavy atom. The van der Waals surface area contributed by atoms with Crippen molar-refractivity contribution in [3.63, 3.8) is 0 Å². The van der Waals surface area contributed by atoms with Crippen molar-refractivity contribution in [1.82, 2.24) is 9.78 Å². The number of halogens is 2. The van der Waals surface area contributed by atoms with Crippen molar-refractivity contribution < 1.29 is 8.78 Å². The van der Waals surface area contributed by atoms with Gasteiger partial charge in [0.05, 0.1) is 11.7 Å². The van der Waals surface area contributed by atoms with E-state index >= 15 is 0 Å². The predicted octanol–water partition coefficient (Wildman–Crippen LogP) is 3.76. The monoisotopic (exact) mass is 293 g/mol. The molecule has 0 saturated carbocycles. The molecule has 2 N–H and O–H groups in total. The molecule has 0 spiro atoms. The van der Waals surface area contributed by atoms with Gasteiger partial charge in [-0.2, -0.15) is 5.10 Å². The van der Waals surface area contributed by atoms with Crippen LogP contribution in [0.25, 0.3) is 0 Å². The Kier molecular flexibility index (Phi) is 5.07. The lowest BCUT2D eigenvalue weighted by atomic mass is 10.0. The van der Waals surface area contributed by atoms with E-state index in [4.69, 9.17) is 5.73 Å². The summed E-state index contributed by atoms with van der Waals surface area (Å²) in [4.78, 5) is 0. The van der Waals surface area contributed by atoms with Gasteiger partial charge >= 0.3 is 0 Å². The minimum absolute atomic E-state index is 0.387. The SMILES string of the molecule is CCC(CC)n1ccc(CC(N)c2ccc(F)c(F)c2)n1. The first-order valence-electron chi connectivity index (χ1n) is 7.29. The van der Waals surface area contributed by atoms with Crippen LogP contribution >= 0.6 is 0 Å². The van der Waals surface area contributed by atoms with Gasteiger partial charge in [0.25, 0.3) is 0 Å². The molecule has 1 atom stereocenters. The van der Waals surface area contributed by atoms with Gasteiger partial charge in [-0.1, -0.05) is 19.9 Å². The first kappa shape index (κ1) is 15.6. The molecule has 114 valence electrons. The predicted molar refractivity (Wildman–Crippen MR) is 78.8 cm³/mol. The second kappa shape index (κ2) is 6.80. The zero-order valence-electron chi connectivity index (χ0n) is 12.4. The van der Waals surface area contributed by atoms with E-state index in [-0.39, 0.29) is 0 Å². The van der Waals surface area contributed by atoms with Crippen LogP contribution in [0.2, 0.25) is 0 Å². The zero-order valence-corrected chi connectivity index (χ0v) is 12.4. The van der Waals surface area contributed by atoms with Gasteiger partial charge in [0, 0.05) is 18.7 Å². The molecule has 2 aromatic rings. The fourth-order valence-electron chi connectivity index (χ4n) is 2.44. The van der Waals surface area contributed by atoms with Gasteiger partial charge in [-0.05, 0) is 36.6 Å². The van der Waals surface area contributed by atoms with Crippen LogP contribution in [0.5, 0.6) is 0 Å². The highest BCUT2D eigenvalue weighted by Crippen LogP contribution is 2.19. The van der Waals surface area contributed by atoms with Crippen LogP contribution in [0.4, 0.5) is 8.78 Å². The van der Waals surface area contributed by atoms with Crippen LogP contribution in [0.1, 0.15) is 50.0 Å². The van der Waals surface area contributed by atoms with Gasteiger partial charge in [-0.3, -0.25) is 4.68 Å². The second-order valence-electron chi connectivity index (χ2n) is 5.24. The molecule has 1 aromatic carbocycles. The number of rotatable bonds is 6. The molecule has 0 aliphatic rings. The molecule has 2 rings (SSSR count). The summed E-state index contributed by atoms with van der Waals surface area (Å²) in [6.07, 6.45) is 4.49. The van der Waals surface area contributed by atoms with Gasteiger partial charge in [-0.15, -0.1) is 0 Å². The highest BCUT2D eigenvalue weighted by molar-refractivity contribution is 5.22. The van der Waals surface area contributed by atoms with Gasteiger partial charge in [-0.25, -0.2) is 8.78 Å². The number of nitrogens with two attached hydrogens (primary N) is 1. The zero-order chi connectivity index (χ0) is 15.4. The van der Waals surface area contributed by atoms with E-state index in [0.29, 0.717) is 18.0 Å². The smallest absolute Gasteiger partial charge is 0.159 e. The van der Waals surface area contributed by atoms with Crippen LogP contribution in [0, 0.1) is 11.6 Å². The lowest BCUT2D eigenvalue weighted by Crippen LogP contribution is -2.15. The maximum atomic E-state index is 13.2. The molecule has 1 unspecified atom stereocenters. The lowest BCUT2D eigenvalue weighted by Gasteiger charge is -2.13. The molecule has 0 saturated heterocycles. The molecule has 1 heterocycles. The molecule has 1 aromatic heterocycles. The van der Waals surface area contributed by atoms with E-state index in [2.05, 4.69) is 18.9 Å². The van der Waals surface area contributed by atoms with Gasteiger partial charge in [0.2, 0.25) is 0 Å². The van der Waals surface area contributed by atoms with Crippen LogP contribution < -0.4 is 5.73 Å². The number of aromatic nitrogens is 2. The largest absolute Gasteiger partial charge is 0.324 e. The fraction of sp³-hybridized carbons (Fsp3) is 0.438. The average Bonchev–Trinajstić information content (AvgIpc) is 2.91. The molecule has 0 fully saturated rings. The first-order valence-corrected chi connectivity index (χ1v) is 7.29. The topological polar surface area (TPSA) is 43.8 Å². The van der Waals surface area contributed by atoms with Crippen molar-refractivity contribution in [1.29, 1.82) is 0 Å². The van der Waals surface area contributed by atoms with Crippen molar-refractivity contribution in [2.24, 2.45) is 5.73 Å². The molecule has 0 aliphatic heterocycles. The van der Waals surface area contributed by atoms with Crippen molar-refractivity contribution in [2.75, 3.05) is 0 Å². The van der Waals surface area contributed by atoms with Crippen LogP contribution in [-0.4, -0.2) is 9.78 Å². The van der Waals surface area contributed by atoms with Crippen molar-refractivity contribution in [2.45, 2.75) is 45.2 Å². The Balaban J connectivity index is 2.08. The third-order valence-electron chi connectivity index (χ3n) is 3.78. The summed E-state index contributed by atoms with van der Waals surface area (Å²) >= 11 is 0. The quantitative estimate of drug-likeness (QED) is 0.881. The van der Waals surface area contributed by atoms with Crippen LogP contribution in [-0.2, 0) is 6.42 Å². The molecular weight excluding hydrogens is 272 g/mol. The van der Waals surface area contributed by atoms with Crippen molar-refractivity contribution in [3.05, 3.63) is 53.4 Å². The summed E-state index contributed by atoms with van der Waals surface area (Å²) in [6.45, 7) is 4.26. The van der Waals surface area contributed by atoms with E-state index in [1.807, 2.05) is 16.9 Å². The number of nitrogens with zero attached hydrogens (tertiary/aromatic N) is 2. The van der Waals surface area contributed by atoms with Crippen molar-refractivity contribution >= 4 is 0 Å². The highest BCUT2D eigenvalue weighted by atomic mass is 19.2. The maximum Gasteiger partial charge on any atom is 0.159 e. The minimum Gasteiger partial charge on any atom is -0.324 e. The van der Waals surface area contributed by atoms with E-state index in [1.165, 1.54) is 6.07 Å². The molecule has 0 amide bonds. The molecule has 0 radical (unpaired) electrons. The van der Waals surface area contributed by atoms with Gasteiger partial charge < -0.3 is 5.73 Å². The fourth-order valence-corrected chi connectivity index (χ4v) is 2.44. The normalized spacial score (nSPS) is 12.9. The Hall–Kier alpha value is -1.75. The molecule has 5 heteroatoms. The highest BCUT2D eigenvalue weighted by Gasteiger charge is 2.13.